The van der Waals surface area contributed by atoms with E-state index in [4.69, 9.17) is 23.2 Å². The van der Waals surface area contributed by atoms with Crippen molar-refractivity contribution in [1.29, 1.82) is 0 Å². The Bertz CT molecular complexity index is 1230. The van der Waals surface area contributed by atoms with Crippen molar-refractivity contribution >= 4 is 50.9 Å². The Morgan fingerprint density at radius 2 is 1.66 bits per heavy atom. The first kappa shape index (κ1) is 27.0. The maximum Gasteiger partial charge on any atom is 0.269 e. The molecule has 0 spiro atoms. The number of carbonyl (C=O) groups excluding carboxylic acids is 3. The summed E-state index contributed by atoms with van der Waals surface area (Å²) in [5.74, 6) is -1.35. The van der Waals surface area contributed by atoms with E-state index in [1.807, 2.05) is 13.8 Å². The molecule has 0 aliphatic carbocycles. The van der Waals surface area contributed by atoms with Crippen LogP contribution in [0.25, 0.3) is 0 Å². The number of fused-ring (bicyclic) bond motifs is 1. The van der Waals surface area contributed by atoms with Gasteiger partial charge in [0.15, 0.2) is 0 Å². The lowest BCUT2D eigenvalue weighted by molar-refractivity contribution is -0.140. The van der Waals surface area contributed by atoms with E-state index in [-0.39, 0.29) is 48.3 Å². The van der Waals surface area contributed by atoms with Crippen LogP contribution in [0, 0.1) is 0 Å². The van der Waals surface area contributed by atoms with Gasteiger partial charge in [0.1, 0.15) is 10.9 Å². The third kappa shape index (κ3) is 5.79. The molecule has 1 aliphatic heterocycles. The van der Waals surface area contributed by atoms with Gasteiger partial charge in [0.2, 0.25) is 11.8 Å². The van der Waals surface area contributed by atoms with Crippen molar-refractivity contribution in [2.45, 2.75) is 57.1 Å². The summed E-state index contributed by atoms with van der Waals surface area (Å²) in [5, 5.41) is 3.51. The minimum Gasteiger partial charge on any atom is -0.352 e. The lowest BCUT2D eigenvalue weighted by Crippen LogP contribution is -2.49. The van der Waals surface area contributed by atoms with E-state index in [0.717, 1.165) is 4.31 Å². The molecule has 0 aromatic heterocycles. The first-order chi connectivity index (χ1) is 16.4. The number of nitrogens with one attached hydrogen (secondary N) is 1. The molecular formula is C24H27Cl2N3O5S. The van der Waals surface area contributed by atoms with Crippen LogP contribution < -0.4 is 5.32 Å². The van der Waals surface area contributed by atoms with Crippen molar-refractivity contribution in [3.63, 3.8) is 0 Å². The Kier molecular flexibility index (Phi) is 8.46. The minimum atomic E-state index is -3.96. The fourth-order valence-electron chi connectivity index (χ4n) is 3.81. The van der Waals surface area contributed by atoms with Crippen LogP contribution in [0.4, 0.5) is 0 Å². The molecular weight excluding hydrogens is 513 g/mol. The second-order valence-corrected chi connectivity index (χ2v) is 11.2. The molecule has 1 heterocycles. The number of rotatable bonds is 9. The molecule has 3 rings (SSSR count). The predicted octanol–water partition coefficient (Wildman–Crippen LogP) is 3.86. The van der Waals surface area contributed by atoms with Crippen LogP contribution in [0.15, 0.2) is 47.4 Å². The van der Waals surface area contributed by atoms with Crippen molar-refractivity contribution in [2.75, 3.05) is 6.54 Å². The molecule has 1 aliphatic rings. The molecule has 11 heteroatoms. The van der Waals surface area contributed by atoms with Crippen molar-refractivity contribution in [3.8, 4) is 0 Å². The fraction of sp³-hybridized carbons (Fsp3) is 0.375. The van der Waals surface area contributed by atoms with E-state index in [2.05, 4.69) is 5.32 Å². The average Bonchev–Trinajstić information content (AvgIpc) is 2.98. The van der Waals surface area contributed by atoms with Gasteiger partial charge in [-0.05, 0) is 51.5 Å². The van der Waals surface area contributed by atoms with Crippen molar-refractivity contribution in [1.82, 2.24) is 14.5 Å². The number of hydrogen-bond acceptors (Lipinski definition) is 5. The quantitative estimate of drug-likeness (QED) is 0.520. The third-order valence-electron chi connectivity index (χ3n) is 5.65. The SMILES string of the molecule is CC(C)NC(=O)[C@@H](C)N(Cc1c(Cl)cccc1Cl)C(=O)CCCN1C(=O)c2ccccc2S1(=O)=O. The molecule has 2 aromatic carbocycles. The summed E-state index contributed by atoms with van der Waals surface area (Å²) in [6.07, 6.45) is 0.0000803. The van der Waals surface area contributed by atoms with Gasteiger partial charge in [0, 0.05) is 41.2 Å². The number of hydrogen-bond donors (Lipinski definition) is 1. The number of carbonyl (C=O) groups is 3. The number of halogens is 2. The van der Waals surface area contributed by atoms with E-state index in [1.165, 1.54) is 17.0 Å². The van der Waals surface area contributed by atoms with Crippen LogP contribution >= 0.6 is 23.2 Å². The second kappa shape index (κ2) is 11.0. The summed E-state index contributed by atoms with van der Waals surface area (Å²) >= 11 is 12.6. The highest BCUT2D eigenvalue weighted by molar-refractivity contribution is 7.90. The molecule has 2 aromatic rings. The molecule has 0 saturated carbocycles. The fourth-order valence-corrected chi connectivity index (χ4v) is 5.94. The molecule has 0 bridgehead atoms. The highest BCUT2D eigenvalue weighted by Gasteiger charge is 2.40. The Morgan fingerprint density at radius 3 is 2.26 bits per heavy atom. The largest absolute Gasteiger partial charge is 0.352 e. The molecule has 1 N–H and O–H groups in total. The van der Waals surface area contributed by atoms with Gasteiger partial charge in [-0.1, -0.05) is 41.4 Å². The Hall–Kier alpha value is -2.62. The lowest BCUT2D eigenvalue weighted by atomic mass is 10.1. The first-order valence-electron chi connectivity index (χ1n) is 11.1. The van der Waals surface area contributed by atoms with Gasteiger partial charge in [0.05, 0.1) is 5.56 Å². The summed E-state index contributed by atoms with van der Waals surface area (Å²) in [7, 11) is -3.96. The van der Waals surface area contributed by atoms with E-state index in [0.29, 0.717) is 15.6 Å². The van der Waals surface area contributed by atoms with E-state index in [1.54, 1.807) is 37.3 Å². The third-order valence-corrected chi connectivity index (χ3v) is 8.20. The molecule has 188 valence electrons. The molecule has 0 radical (unpaired) electrons. The number of sulfonamides is 1. The molecule has 3 amide bonds. The monoisotopic (exact) mass is 539 g/mol. The van der Waals surface area contributed by atoms with Gasteiger partial charge < -0.3 is 10.2 Å². The van der Waals surface area contributed by atoms with Gasteiger partial charge in [-0.3, -0.25) is 14.4 Å². The van der Waals surface area contributed by atoms with Crippen LogP contribution in [0.5, 0.6) is 0 Å². The molecule has 35 heavy (non-hydrogen) atoms. The van der Waals surface area contributed by atoms with Gasteiger partial charge in [0.25, 0.3) is 15.9 Å². The van der Waals surface area contributed by atoms with Crippen LogP contribution in [0.1, 0.15) is 49.5 Å². The van der Waals surface area contributed by atoms with Crippen LogP contribution in [0.2, 0.25) is 10.0 Å². The maximum absolute atomic E-state index is 13.2. The molecule has 0 unspecified atom stereocenters. The van der Waals surface area contributed by atoms with E-state index < -0.39 is 27.9 Å². The summed E-state index contributed by atoms with van der Waals surface area (Å²) in [5.41, 5.74) is 0.619. The molecule has 0 saturated heterocycles. The average molecular weight is 540 g/mol. The zero-order chi connectivity index (χ0) is 25.9. The van der Waals surface area contributed by atoms with Crippen molar-refractivity contribution in [2.24, 2.45) is 0 Å². The van der Waals surface area contributed by atoms with Crippen LogP contribution in [-0.2, 0) is 26.2 Å². The van der Waals surface area contributed by atoms with E-state index >= 15 is 0 Å². The van der Waals surface area contributed by atoms with Gasteiger partial charge in [-0.2, -0.15) is 0 Å². The molecule has 8 nitrogen and oxygen atoms in total. The number of amides is 3. The maximum atomic E-state index is 13.2. The molecule has 1 atom stereocenters. The smallest absolute Gasteiger partial charge is 0.269 e. The number of benzene rings is 2. The van der Waals surface area contributed by atoms with Crippen molar-refractivity contribution < 1.29 is 22.8 Å². The summed E-state index contributed by atoms with van der Waals surface area (Å²) in [4.78, 5) is 39.9. The number of nitrogens with zero attached hydrogens (tertiary/aromatic N) is 2. The van der Waals surface area contributed by atoms with Crippen molar-refractivity contribution in [3.05, 3.63) is 63.6 Å². The summed E-state index contributed by atoms with van der Waals surface area (Å²) in [6, 6.07) is 10.0. The Balaban J connectivity index is 1.75. The standard InChI is InChI=1S/C24H27Cl2N3O5S/c1-15(2)27-23(31)16(3)28(14-18-19(25)9-6-10-20(18)26)22(30)12-7-13-29-24(32)17-8-4-5-11-21(17)35(29,33)34/h4-6,8-11,15-16H,7,12-14H2,1-3H3,(H,27,31)/t16-/m1/s1. The predicted molar refractivity (Wildman–Crippen MR) is 134 cm³/mol. The normalized spacial score (nSPS) is 15.1. The lowest BCUT2D eigenvalue weighted by Gasteiger charge is -2.30. The molecule has 0 fully saturated rings. The van der Waals surface area contributed by atoms with Gasteiger partial charge in [-0.25, -0.2) is 12.7 Å². The highest BCUT2D eigenvalue weighted by Crippen LogP contribution is 2.30. The Morgan fingerprint density at radius 1 is 1.03 bits per heavy atom. The zero-order valence-corrected chi connectivity index (χ0v) is 22.0. The second-order valence-electron chi connectivity index (χ2n) is 8.54. The highest BCUT2D eigenvalue weighted by atomic mass is 35.5. The van der Waals surface area contributed by atoms with Gasteiger partial charge >= 0.3 is 0 Å². The summed E-state index contributed by atoms with van der Waals surface area (Å²) in [6.45, 7) is 5.07. The Labute approximate surface area is 215 Å². The first-order valence-corrected chi connectivity index (χ1v) is 13.3. The van der Waals surface area contributed by atoms with Crippen LogP contribution in [0.3, 0.4) is 0 Å². The zero-order valence-electron chi connectivity index (χ0n) is 19.6. The van der Waals surface area contributed by atoms with Gasteiger partial charge in [-0.15, -0.1) is 0 Å². The minimum absolute atomic E-state index is 0.00356. The topological polar surface area (TPSA) is 104 Å². The van der Waals surface area contributed by atoms with Crippen LogP contribution in [-0.4, -0.2) is 54.0 Å². The van der Waals surface area contributed by atoms with E-state index in [9.17, 15) is 22.8 Å². The summed E-state index contributed by atoms with van der Waals surface area (Å²) < 4.78 is 26.3.